The fourth-order valence-electron chi connectivity index (χ4n) is 0.641. The van der Waals surface area contributed by atoms with Gasteiger partial charge in [0.15, 0.2) is 5.78 Å². The summed E-state index contributed by atoms with van der Waals surface area (Å²) in [5.74, 6) is 0.248. The van der Waals surface area contributed by atoms with Crippen molar-refractivity contribution in [2.45, 2.75) is 20.3 Å². The molecule has 0 bridgehead atoms. The van der Waals surface area contributed by atoms with Crippen LogP contribution in [0.15, 0.2) is 12.2 Å². The second kappa shape index (κ2) is 5.09. The molecule has 0 unspecified atom stereocenters. The van der Waals surface area contributed by atoms with Gasteiger partial charge in [-0.1, -0.05) is 13.0 Å². The summed E-state index contributed by atoms with van der Waals surface area (Å²) in [5.41, 5.74) is 0. The third kappa shape index (κ3) is 6.09. The van der Waals surface area contributed by atoms with Crippen molar-refractivity contribution in [3.8, 4) is 0 Å². The number of carbonyl (C=O) groups excluding carboxylic acids is 1. The van der Waals surface area contributed by atoms with Gasteiger partial charge < -0.3 is 0 Å². The minimum absolute atomic E-state index is 0.0519. The molecule has 3 nitrogen and oxygen atoms in total. The molecule has 0 atom stereocenters. The number of ketones is 1. The van der Waals surface area contributed by atoms with E-state index >= 15 is 0 Å². The normalized spacial score (nSPS) is 12.2. The summed E-state index contributed by atoms with van der Waals surface area (Å²) in [6, 6.07) is 0. The average molecular weight is 190 g/mol. The van der Waals surface area contributed by atoms with Crippen LogP contribution in [0.5, 0.6) is 0 Å². The molecule has 0 aromatic heterocycles. The maximum Gasteiger partial charge on any atom is 0.152 e. The van der Waals surface area contributed by atoms with Crippen LogP contribution in [0, 0.1) is 0 Å². The van der Waals surface area contributed by atoms with Gasteiger partial charge in [-0.3, -0.25) is 4.79 Å². The first-order valence-electron chi connectivity index (χ1n) is 3.85. The lowest BCUT2D eigenvalue weighted by Crippen LogP contribution is -2.07. The molecule has 0 radical (unpaired) electrons. The summed E-state index contributed by atoms with van der Waals surface area (Å²) >= 11 is 0. The van der Waals surface area contributed by atoms with E-state index in [9.17, 15) is 13.2 Å². The number of rotatable bonds is 5. The molecule has 0 saturated carbocycles. The highest BCUT2D eigenvalue weighted by atomic mass is 32.2. The minimum Gasteiger partial charge on any atom is -0.295 e. The molecule has 0 spiro atoms. The van der Waals surface area contributed by atoms with Crippen LogP contribution in [0.3, 0.4) is 0 Å². The molecule has 0 aromatic carbocycles. The second-order valence-electron chi connectivity index (χ2n) is 2.54. The maximum absolute atomic E-state index is 10.9. The van der Waals surface area contributed by atoms with Crippen molar-refractivity contribution in [3.63, 3.8) is 0 Å². The number of hydrogen-bond donors (Lipinski definition) is 0. The largest absolute Gasteiger partial charge is 0.295 e. The van der Waals surface area contributed by atoms with Crippen LogP contribution >= 0.6 is 0 Å². The molecule has 0 heterocycles. The van der Waals surface area contributed by atoms with E-state index in [1.165, 1.54) is 13.0 Å². The first-order chi connectivity index (χ1) is 5.48. The van der Waals surface area contributed by atoms with Gasteiger partial charge in [0.1, 0.15) is 9.84 Å². The van der Waals surface area contributed by atoms with Gasteiger partial charge in [-0.25, -0.2) is 8.42 Å². The number of allylic oxidation sites excluding steroid dienone is 2. The van der Waals surface area contributed by atoms with E-state index in [4.69, 9.17) is 0 Å². The van der Waals surface area contributed by atoms with Crippen LogP contribution in [-0.2, 0) is 14.6 Å². The Bertz CT molecular complexity index is 262. The smallest absolute Gasteiger partial charge is 0.152 e. The Morgan fingerprint density at radius 2 is 2.00 bits per heavy atom. The molecule has 0 saturated heterocycles. The van der Waals surface area contributed by atoms with Crippen LogP contribution in [-0.4, -0.2) is 25.7 Å². The van der Waals surface area contributed by atoms with Crippen LogP contribution in [0.1, 0.15) is 20.3 Å². The molecular formula is C8H14O3S. The summed E-state index contributed by atoms with van der Waals surface area (Å²) in [7, 11) is -2.88. The molecule has 70 valence electrons. The third-order valence-electron chi connectivity index (χ3n) is 1.39. The van der Waals surface area contributed by atoms with Gasteiger partial charge in [-0.05, 0) is 19.4 Å². The van der Waals surface area contributed by atoms with Crippen LogP contribution in [0.2, 0.25) is 0 Å². The predicted molar refractivity (Wildman–Crippen MR) is 48.8 cm³/mol. The van der Waals surface area contributed by atoms with Crippen LogP contribution in [0.4, 0.5) is 0 Å². The van der Waals surface area contributed by atoms with Crippen molar-refractivity contribution in [1.29, 1.82) is 0 Å². The van der Waals surface area contributed by atoms with Gasteiger partial charge in [0.05, 0.1) is 5.75 Å². The molecule has 0 fully saturated rings. The molecule has 0 aliphatic rings. The zero-order valence-electron chi connectivity index (χ0n) is 7.41. The Morgan fingerprint density at radius 3 is 2.42 bits per heavy atom. The van der Waals surface area contributed by atoms with Gasteiger partial charge >= 0.3 is 0 Å². The molecule has 4 heteroatoms. The van der Waals surface area contributed by atoms with E-state index in [-0.39, 0.29) is 17.3 Å². The van der Waals surface area contributed by atoms with Gasteiger partial charge in [-0.2, -0.15) is 0 Å². The molecule has 0 N–H and O–H groups in total. The zero-order chi connectivity index (χ0) is 9.61. The monoisotopic (exact) mass is 190 g/mol. The Balaban J connectivity index is 3.79. The SMILES string of the molecule is CCS(=O)(=O)CCC=CC(C)=O. The highest BCUT2D eigenvalue weighted by Crippen LogP contribution is 1.94. The first kappa shape index (κ1) is 11.4. The number of sulfone groups is 1. The fraction of sp³-hybridized carbons (Fsp3) is 0.625. The summed E-state index contributed by atoms with van der Waals surface area (Å²) in [6.45, 7) is 3.05. The maximum atomic E-state index is 10.9. The molecule has 0 aliphatic carbocycles. The lowest BCUT2D eigenvalue weighted by molar-refractivity contribution is -0.112. The molecular weight excluding hydrogens is 176 g/mol. The van der Waals surface area contributed by atoms with Crippen molar-refractivity contribution >= 4 is 15.6 Å². The molecule has 0 amide bonds. The van der Waals surface area contributed by atoms with Crippen molar-refractivity contribution in [3.05, 3.63) is 12.2 Å². The zero-order valence-corrected chi connectivity index (χ0v) is 8.23. The van der Waals surface area contributed by atoms with E-state index in [1.807, 2.05) is 0 Å². The van der Waals surface area contributed by atoms with Crippen LogP contribution in [0.25, 0.3) is 0 Å². The predicted octanol–water partition coefficient (Wildman–Crippen LogP) is 0.956. The first-order valence-corrected chi connectivity index (χ1v) is 5.67. The van der Waals surface area contributed by atoms with Crippen LogP contribution < -0.4 is 0 Å². The molecule has 0 aromatic rings. The van der Waals surface area contributed by atoms with E-state index in [0.717, 1.165) is 0 Å². The Morgan fingerprint density at radius 1 is 1.42 bits per heavy atom. The quantitative estimate of drug-likeness (QED) is 0.607. The molecule has 0 rings (SSSR count). The highest BCUT2D eigenvalue weighted by Gasteiger charge is 2.04. The Labute approximate surface area is 73.4 Å². The summed E-state index contributed by atoms with van der Waals surface area (Å²) in [6.07, 6.45) is 3.41. The summed E-state index contributed by atoms with van der Waals surface area (Å²) in [5, 5.41) is 0. The Hall–Kier alpha value is -0.640. The number of carbonyl (C=O) groups is 1. The second-order valence-corrected chi connectivity index (χ2v) is 5.01. The topological polar surface area (TPSA) is 51.2 Å². The Kier molecular flexibility index (Phi) is 4.81. The summed E-state index contributed by atoms with van der Waals surface area (Å²) in [4.78, 5) is 10.4. The van der Waals surface area contributed by atoms with Crippen molar-refractivity contribution in [1.82, 2.24) is 0 Å². The fourth-order valence-corrected chi connectivity index (χ4v) is 1.43. The number of hydrogen-bond acceptors (Lipinski definition) is 3. The third-order valence-corrected chi connectivity index (χ3v) is 3.13. The molecule has 0 aliphatic heterocycles. The van der Waals surface area contributed by atoms with Gasteiger partial charge in [0, 0.05) is 5.75 Å². The van der Waals surface area contributed by atoms with Crippen molar-refractivity contribution < 1.29 is 13.2 Å². The van der Waals surface area contributed by atoms with E-state index in [2.05, 4.69) is 0 Å². The van der Waals surface area contributed by atoms with Gasteiger partial charge in [-0.15, -0.1) is 0 Å². The van der Waals surface area contributed by atoms with E-state index in [1.54, 1.807) is 13.0 Å². The van der Waals surface area contributed by atoms with Gasteiger partial charge in [0.2, 0.25) is 0 Å². The van der Waals surface area contributed by atoms with Crippen molar-refractivity contribution in [2.24, 2.45) is 0 Å². The standard InChI is InChI=1S/C8H14O3S/c1-3-12(10,11)7-5-4-6-8(2)9/h4,6H,3,5,7H2,1-2H3. The summed E-state index contributed by atoms with van der Waals surface area (Å²) < 4.78 is 21.9. The minimum atomic E-state index is -2.88. The molecule has 12 heavy (non-hydrogen) atoms. The van der Waals surface area contributed by atoms with Crippen molar-refractivity contribution in [2.75, 3.05) is 11.5 Å². The van der Waals surface area contributed by atoms with E-state index < -0.39 is 9.84 Å². The lowest BCUT2D eigenvalue weighted by atomic mass is 10.3. The lowest BCUT2D eigenvalue weighted by Gasteiger charge is -1.95. The van der Waals surface area contributed by atoms with Gasteiger partial charge in [0.25, 0.3) is 0 Å². The van der Waals surface area contributed by atoms with E-state index in [0.29, 0.717) is 6.42 Å². The average Bonchev–Trinajstić information content (AvgIpc) is 1.98. The highest BCUT2D eigenvalue weighted by molar-refractivity contribution is 7.91.